The van der Waals surface area contributed by atoms with E-state index in [9.17, 15) is 14.7 Å². The predicted molar refractivity (Wildman–Crippen MR) is 89.6 cm³/mol. The van der Waals surface area contributed by atoms with Crippen LogP contribution in [0.25, 0.3) is 0 Å². The Hall–Kier alpha value is -2.64. The number of carbonyl (C=O) groups is 2. The molecule has 0 atom stereocenters. The first-order chi connectivity index (χ1) is 11.9. The zero-order valence-corrected chi connectivity index (χ0v) is 14.2. The van der Waals surface area contributed by atoms with Gasteiger partial charge in [0.25, 0.3) is 0 Å². The third-order valence-electron chi connectivity index (χ3n) is 3.33. The van der Waals surface area contributed by atoms with Crippen LogP contribution in [0.15, 0.2) is 47.9 Å². The molecule has 0 fully saturated rings. The Bertz CT molecular complexity index is 918. The molecule has 9 heteroatoms. The van der Waals surface area contributed by atoms with Crippen LogP contribution in [0.3, 0.4) is 0 Å². The van der Waals surface area contributed by atoms with Gasteiger partial charge in [0.2, 0.25) is 11.6 Å². The summed E-state index contributed by atoms with van der Waals surface area (Å²) < 4.78 is 6.97. The molecular weight excluding hydrogens is 369 g/mol. The molecule has 7 nitrogen and oxygen atoms in total. The van der Waals surface area contributed by atoms with Gasteiger partial charge >= 0.3 is 0 Å². The molecule has 0 unspecified atom stereocenters. The number of carbonyl (C=O) groups excluding carboxylic acids is 2. The second kappa shape index (κ2) is 7.08. The molecule has 1 aliphatic rings. The maximum absolute atomic E-state index is 11.4. The predicted octanol–water partition coefficient (Wildman–Crippen LogP) is 2.68. The lowest BCUT2D eigenvalue weighted by Crippen LogP contribution is -2.17. The SMILES string of the molecule is O=C1C=C(O)C(Cn2cc(COc3ccc(Cl)cc3Cl)nn2)=CC1=O. The van der Waals surface area contributed by atoms with Crippen molar-refractivity contribution in [3.63, 3.8) is 0 Å². The lowest BCUT2D eigenvalue weighted by molar-refractivity contribution is -0.131. The molecular formula is C16H11Cl2N3O4. The van der Waals surface area contributed by atoms with E-state index in [0.717, 1.165) is 12.2 Å². The van der Waals surface area contributed by atoms with Crippen LogP contribution >= 0.6 is 23.2 Å². The third kappa shape index (κ3) is 4.07. The Morgan fingerprint density at radius 2 is 1.92 bits per heavy atom. The first-order valence-corrected chi connectivity index (χ1v) is 7.85. The fourth-order valence-corrected chi connectivity index (χ4v) is 2.58. The molecule has 1 N–H and O–H groups in total. The van der Waals surface area contributed by atoms with Crippen LogP contribution in [0, 0.1) is 0 Å². The lowest BCUT2D eigenvalue weighted by atomic mass is 10.0. The highest BCUT2D eigenvalue weighted by Crippen LogP contribution is 2.28. The fourth-order valence-electron chi connectivity index (χ4n) is 2.12. The Balaban J connectivity index is 1.65. The van der Waals surface area contributed by atoms with E-state index in [-0.39, 0.29) is 24.5 Å². The minimum atomic E-state index is -0.756. The van der Waals surface area contributed by atoms with E-state index in [1.54, 1.807) is 24.4 Å². The zero-order chi connectivity index (χ0) is 18.0. The average Bonchev–Trinajstić information content (AvgIpc) is 2.99. The smallest absolute Gasteiger partial charge is 0.229 e. The van der Waals surface area contributed by atoms with Crippen LogP contribution in [0.1, 0.15) is 5.69 Å². The number of allylic oxidation sites excluding steroid dienone is 3. The molecule has 0 saturated carbocycles. The number of aliphatic hydroxyl groups is 1. The van der Waals surface area contributed by atoms with Crippen molar-refractivity contribution in [3.8, 4) is 5.75 Å². The molecule has 0 bridgehead atoms. The van der Waals surface area contributed by atoms with Gasteiger partial charge in [-0.15, -0.1) is 5.10 Å². The van der Waals surface area contributed by atoms with Gasteiger partial charge in [-0.1, -0.05) is 28.4 Å². The Kier molecular flexibility index (Phi) is 4.87. The number of nitrogens with zero attached hydrogens (tertiary/aromatic N) is 3. The van der Waals surface area contributed by atoms with Gasteiger partial charge in [-0.3, -0.25) is 9.59 Å². The largest absolute Gasteiger partial charge is 0.507 e. The average molecular weight is 380 g/mol. The summed E-state index contributed by atoms with van der Waals surface area (Å²) >= 11 is 11.8. The van der Waals surface area contributed by atoms with Crippen LogP contribution < -0.4 is 4.74 Å². The summed E-state index contributed by atoms with van der Waals surface area (Å²) in [4.78, 5) is 22.6. The van der Waals surface area contributed by atoms with Crippen molar-refractivity contribution >= 4 is 34.8 Å². The maximum atomic E-state index is 11.4. The van der Waals surface area contributed by atoms with Gasteiger partial charge in [0.1, 0.15) is 23.8 Å². The van der Waals surface area contributed by atoms with Crippen molar-refractivity contribution in [2.75, 3.05) is 0 Å². The molecule has 1 aromatic heterocycles. The maximum Gasteiger partial charge on any atom is 0.229 e. The van der Waals surface area contributed by atoms with E-state index in [1.165, 1.54) is 4.68 Å². The van der Waals surface area contributed by atoms with Gasteiger partial charge < -0.3 is 9.84 Å². The molecule has 0 aliphatic heterocycles. The summed E-state index contributed by atoms with van der Waals surface area (Å²) in [6.45, 7) is 0.218. The third-order valence-corrected chi connectivity index (χ3v) is 3.86. The number of aromatic nitrogens is 3. The normalized spacial score (nSPS) is 14.3. The number of hydrogen-bond donors (Lipinski definition) is 1. The zero-order valence-electron chi connectivity index (χ0n) is 12.6. The number of rotatable bonds is 5. The van der Waals surface area contributed by atoms with E-state index in [1.807, 2.05) is 0 Å². The van der Waals surface area contributed by atoms with Gasteiger partial charge in [-0.05, 0) is 24.3 Å². The van der Waals surface area contributed by atoms with Crippen molar-refractivity contribution in [1.29, 1.82) is 0 Å². The van der Waals surface area contributed by atoms with Crippen molar-refractivity contribution < 1.29 is 19.4 Å². The second-order valence-corrected chi connectivity index (χ2v) is 6.04. The molecule has 2 aromatic rings. The van der Waals surface area contributed by atoms with E-state index in [4.69, 9.17) is 27.9 Å². The fraction of sp³-hybridized carbons (Fsp3) is 0.125. The minimum Gasteiger partial charge on any atom is -0.507 e. The molecule has 0 saturated heterocycles. The number of ketones is 2. The number of halogens is 2. The molecule has 1 aromatic carbocycles. The summed E-state index contributed by atoms with van der Waals surface area (Å²) in [5, 5.41) is 18.5. The second-order valence-electron chi connectivity index (χ2n) is 5.20. The van der Waals surface area contributed by atoms with Crippen LogP contribution in [-0.4, -0.2) is 31.7 Å². The van der Waals surface area contributed by atoms with Crippen molar-refractivity contribution in [3.05, 3.63) is 63.6 Å². The minimum absolute atomic E-state index is 0.0933. The highest BCUT2D eigenvalue weighted by atomic mass is 35.5. The van der Waals surface area contributed by atoms with E-state index >= 15 is 0 Å². The van der Waals surface area contributed by atoms with Gasteiger partial charge in [0.05, 0.1) is 17.8 Å². The first kappa shape index (κ1) is 17.2. The van der Waals surface area contributed by atoms with Crippen molar-refractivity contribution in [2.45, 2.75) is 13.2 Å². The van der Waals surface area contributed by atoms with Crippen LogP contribution in [-0.2, 0) is 22.7 Å². The number of benzene rings is 1. The molecule has 128 valence electrons. The molecule has 3 rings (SSSR count). The first-order valence-electron chi connectivity index (χ1n) is 7.09. The van der Waals surface area contributed by atoms with Crippen LogP contribution in [0.5, 0.6) is 5.75 Å². The van der Waals surface area contributed by atoms with Crippen molar-refractivity contribution in [2.24, 2.45) is 0 Å². The van der Waals surface area contributed by atoms with Gasteiger partial charge in [-0.25, -0.2) is 4.68 Å². The number of hydrogen-bond acceptors (Lipinski definition) is 6. The molecule has 0 amide bonds. The van der Waals surface area contributed by atoms with Gasteiger partial charge in [0.15, 0.2) is 0 Å². The van der Waals surface area contributed by atoms with Gasteiger partial charge in [0, 0.05) is 16.7 Å². The topological polar surface area (TPSA) is 94.3 Å². The highest BCUT2D eigenvalue weighted by Gasteiger charge is 2.20. The summed E-state index contributed by atoms with van der Waals surface area (Å²) in [5.41, 5.74) is 0.802. The molecule has 25 heavy (non-hydrogen) atoms. The van der Waals surface area contributed by atoms with E-state index in [0.29, 0.717) is 21.5 Å². The quantitative estimate of drug-likeness (QED) is 0.633. The molecule has 0 radical (unpaired) electrons. The van der Waals surface area contributed by atoms with Crippen molar-refractivity contribution in [1.82, 2.24) is 15.0 Å². The van der Waals surface area contributed by atoms with Gasteiger partial charge in [-0.2, -0.15) is 0 Å². The van der Waals surface area contributed by atoms with Crippen LogP contribution in [0.4, 0.5) is 0 Å². The Morgan fingerprint density at radius 1 is 1.16 bits per heavy atom. The summed E-state index contributed by atoms with van der Waals surface area (Å²) in [7, 11) is 0. The Labute approximate surface area is 152 Å². The summed E-state index contributed by atoms with van der Waals surface area (Å²) in [5.74, 6) is -1.24. The number of aliphatic hydroxyl groups excluding tert-OH is 1. The van der Waals surface area contributed by atoms with E-state index in [2.05, 4.69) is 10.3 Å². The molecule has 0 spiro atoms. The van der Waals surface area contributed by atoms with Crippen LogP contribution in [0.2, 0.25) is 10.0 Å². The standard InChI is InChI=1S/C16H11Cl2N3O4/c17-10-1-2-16(12(18)4-10)25-8-11-7-21(20-19-11)6-9-3-14(23)15(24)5-13(9)22/h1-5,7,22H,6,8H2. The Morgan fingerprint density at radius 3 is 2.68 bits per heavy atom. The lowest BCUT2D eigenvalue weighted by Gasteiger charge is -2.09. The molecule has 1 heterocycles. The summed E-state index contributed by atoms with van der Waals surface area (Å²) in [6.07, 6.45) is 3.57. The highest BCUT2D eigenvalue weighted by molar-refractivity contribution is 6.46. The van der Waals surface area contributed by atoms with E-state index < -0.39 is 11.6 Å². The number of ether oxygens (including phenoxy) is 1. The summed E-state index contributed by atoms with van der Waals surface area (Å²) in [6, 6.07) is 4.87. The molecule has 1 aliphatic carbocycles. The monoisotopic (exact) mass is 379 g/mol.